The Kier molecular flexibility index (Phi) is 3.31. The minimum atomic E-state index is -0.332. The highest BCUT2D eigenvalue weighted by Gasteiger charge is 2.17. The number of aromatic nitrogens is 4. The minimum absolute atomic E-state index is 0.332. The van der Waals surface area contributed by atoms with Gasteiger partial charge in [0.2, 0.25) is 0 Å². The maximum Gasteiger partial charge on any atom is 0.190 e. The van der Waals surface area contributed by atoms with Crippen molar-refractivity contribution in [3.63, 3.8) is 0 Å². The zero-order chi connectivity index (χ0) is 15.0. The Bertz CT molecular complexity index is 795. The van der Waals surface area contributed by atoms with Crippen molar-refractivity contribution in [2.45, 2.75) is 6.92 Å². The fraction of sp³-hybridized carbons (Fsp3) is 0.0714. The summed E-state index contributed by atoms with van der Waals surface area (Å²) in [6.07, 6.45) is 0. The van der Waals surface area contributed by atoms with Crippen LogP contribution in [0.3, 0.4) is 0 Å². The summed E-state index contributed by atoms with van der Waals surface area (Å²) >= 11 is 6.17. The van der Waals surface area contributed by atoms with Crippen molar-refractivity contribution in [3.05, 3.63) is 52.8 Å². The fourth-order valence-electron chi connectivity index (χ4n) is 2.01. The Morgan fingerprint density at radius 2 is 2.05 bits per heavy atom. The molecule has 1 heterocycles. The molecule has 5 nitrogen and oxygen atoms in total. The summed E-state index contributed by atoms with van der Waals surface area (Å²) in [5.41, 5.74) is 7.96. The van der Waals surface area contributed by atoms with E-state index in [1.165, 1.54) is 10.7 Å². The Hall–Kier alpha value is -2.47. The van der Waals surface area contributed by atoms with Gasteiger partial charge in [0.05, 0.1) is 16.3 Å². The number of tetrazole rings is 1. The van der Waals surface area contributed by atoms with Gasteiger partial charge < -0.3 is 5.73 Å². The normalized spacial score (nSPS) is 10.8. The fourth-order valence-corrected chi connectivity index (χ4v) is 2.27. The summed E-state index contributed by atoms with van der Waals surface area (Å²) in [5, 5.41) is 11.9. The average molecular weight is 304 g/mol. The molecule has 7 heteroatoms. The SMILES string of the molecule is Cc1ccc(-n2nnnc2-c2c(N)cccc2Cl)cc1F. The molecule has 21 heavy (non-hydrogen) atoms. The molecule has 0 bridgehead atoms. The van der Waals surface area contributed by atoms with E-state index in [4.69, 9.17) is 17.3 Å². The topological polar surface area (TPSA) is 69.6 Å². The number of nitrogen functional groups attached to an aromatic ring is 1. The number of anilines is 1. The summed E-state index contributed by atoms with van der Waals surface area (Å²) in [7, 11) is 0. The first kappa shape index (κ1) is 13.5. The van der Waals surface area contributed by atoms with E-state index in [0.29, 0.717) is 33.3 Å². The van der Waals surface area contributed by atoms with E-state index in [9.17, 15) is 4.39 Å². The lowest BCUT2D eigenvalue weighted by molar-refractivity contribution is 0.615. The number of hydrogen-bond acceptors (Lipinski definition) is 4. The van der Waals surface area contributed by atoms with Crippen LogP contribution in [0.25, 0.3) is 17.1 Å². The number of nitrogens with two attached hydrogens (primary N) is 1. The van der Waals surface area contributed by atoms with Gasteiger partial charge in [0.1, 0.15) is 5.82 Å². The molecule has 0 fully saturated rings. The number of benzene rings is 2. The molecule has 2 N–H and O–H groups in total. The standard InChI is InChI=1S/C14H11ClFN5/c1-8-5-6-9(7-11(8)16)21-14(18-19-20-21)13-10(15)3-2-4-12(13)17/h2-7H,17H2,1H3. The number of aryl methyl sites for hydroxylation is 1. The lowest BCUT2D eigenvalue weighted by atomic mass is 10.1. The van der Waals surface area contributed by atoms with Gasteiger partial charge in [-0.1, -0.05) is 23.7 Å². The largest absolute Gasteiger partial charge is 0.398 e. The molecule has 2 aromatic carbocycles. The molecule has 0 unspecified atom stereocenters. The smallest absolute Gasteiger partial charge is 0.190 e. The molecule has 0 amide bonds. The maximum absolute atomic E-state index is 13.7. The van der Waals surface area contributed by atoms with E-state index in [0.717, 1.165) is 0 Å². The molecular weight excluding hydrogens is 293 g/mol. The van der Waals surface area contributed by atoms with E-state index < -0.39 is 0 Å². The molecule has 3 rings (SSSR count). The molecule has 106 valence electrons. The first-order chi connectivity index (χ1) is 10.1. The quantitative estimate of drug-likeness (QED) is 0.739. The van der Waals surface area contributed by atoms with Crippen LogP contribution in [0, 0.1) is 12.7 Å². The molecule has 3 aromatic rings. The predicted molar refractivity (Wildman–Crippen MR) is 78.7 cm³/mol. The molecule has 0 aliphatic carbocycles. The van der Waals surface area contributed by atoms with Gasteiger partial charge in [-0.15, -0.1) is 5.10 Å². The van der Waals surface area contributed by atoms with Gasteiger partial charge in [-0.2, -0.15) is 4.68 Å². The Morgan fingerprint density at radius 1 is 1.24 bits per heavy atom. The second-order valence-corrected chi connectivity index (χ2v) is 4.96. The van der Waals surface area contributed by atoms with Crippen molar-refractivity contribution in [2.75, 3.05) is 5.73 Å². The second kappa shape index (κ2) is 5.14. The Balaban J connectivity index is 2.20. The second-order valence-electron chi connectivity index (χ2n) is 4.55. The average Bonchev–Trinajstić information content (AvgIpc) is 2.91. The van der Waals surface area contributed by atoms with Crippen molar-refractivity contribution in [1.82, 2.24) is 20.2 Å². The Labute approximate surface area is 125 Å². The van der Waals surface area contributed by atoms with Gasteiger partial charge in [0.25, 0.3) is 0 Å². The lowest BCUT2D eigenvalue weighted by Crippen LogP contribution is -2.03. The molecule has 0 radical (unpaired) electrons. The summed E-state index contributed by atoms with van der Waals surface area (Å²) < 4.78 is 15.1. The van der Waals surface area contributed by atoms with Crippen molar-refractivity contribution >= 4 is 17.3 Å². The van der Waals surface area contributed by atoms with Crippen molar-refractivity contribution in [3.8, 4) is 17.1 Å². The first-order valence-electron chi connectivity index (χ1n) is 6.17. The van der Waals surface area contributed by atoms with E-state index in [1.807, 2.05) is 0 Å². The van der Waals surface area contributed by atoms with Crippen LogP contribution < -0.4 is 5.73 Å². The molecule has 0 spiro atoms. The lowest BCUT2D eigenvalue weighted by Gasteiger charge is -2.09. The highest BCUT2D eigenvalue weighted by atomic mass is 35.5. The van der Waals surface area contributed by atoms with Crippen LogP contribution in [-0.2, 0) is 0 Å². The van der Waals surface area contributed by atoms with Crippen molar-refractivity contribution in [2.24, 2.45) is 0 Å². The van der Waals surface area contributed by atoms with Crippen LogP contribution in [-0.4, -0.2) is 20.2 Å². The number of rotatable bonds is 2. The van der Waals surface area contributed by atoms with E-state index in [2.05, 4.69) is 15.5 Å². The third kappa shape index (κ3) is 2.34. The Morgan fingerprint density at radius 3 is 2.76 bits per heavy atom. The number of halogens is 2. The van der Waals surface area contributed by atoms with Crippen molar-refractivity contribution < 1.29 is 4.39 Å². The van der Waals surface area contributed by atoms with Crippen LogP contribution in [0.1, 0.15) is 5.56 Å². The third-order valence-corrected chi connectivity index (χ3v) is 3.45. The van der Waals surface area contributed by atoms with Crippen molar-refractivity contribution in [1.29, 1.82) is 0 Å². The van der Waals surface area contributed by atoms with Crippen LogP contribution in [0.4, 0.5) is 10.1 Å². The monoisotopic (exact) mass is 303 g/mol. The van der Waals surface area contributed by atoms with Crippen LogP contribution in [0.2, 0.25) is 5.02 Å². The zero-order valence-electron chi connectivity index (χ0n) is 11.1. The molecule has 0 aliphatic rings. The summed E-state index contributed by atoms with van der Waals surface area (Å²) in [5.74, 6) is 0.0300. The molecule has 0 saturated carbocycles. The predicted octanol–water partition coefficient (Wildman–Crippen LogP) is 3.01. The van der Waals surface area contributed by atoms with Crippen LogP contribution in [0.5, 0.6) is 0 Å². The van der Waals surface area contributed by atoms with Gasteiger partial charge in [-0.25, -0.2) is 4.39 Å². The molecule has 0 atom stereocenters. The maximum atomic E-state index is 13.7. The summed E-state index contributed by atoms with van der Waals surface area (Å²) in [6, 6.07) is 9.89. The first-order valence-corrected chi connectivity index (χ1v) is 6.55. The molecule has 0 saturated heterocycles. The van der Waals surface area contributed by atoms with Gasteiger partial charge >= 0.3 is 0 Å². The van der Waals surface area contributed by atoms with E-state index in [-0.39, 0.29) is 5.82 Å². The molecule has 1 aromatic heterocycles. The summed E-state index contributed by atoms with van der Waals surface area (Å²) in [4.78, 5) is 0. The van der Waals surface area contributed by atoms with Crippen LogP contribution in [0.15, 0.2) is 36.4 Å². The van der Waals surface area contributed by atoms with Gasteiger partial charge in [0, 0.05) is 5.69 Å². The zero-order valence-corrected chi connectivity index (χ0v) is 11.8. The van der Waals surface area contributed by atoms with Gasteiger partial charge in [-0.05, 0) is 47.2 Å². The molecule has 0 aliphatic heterocycles. The highest BCUT2D eigenvalue weighted by molar-refractivity contribution is 6.33. The van der Waals surface area contributed by atoms with Gasteiger partial charge in [-0.3, -0.25) is 0 Å². The van der Waals surface area contributed by atoms with Gasteiger partial charge in [0.15, 0.2) is 5.82 Å². The highest BCUT2D eigenvalue weighted by Crippen LogP contribution is 2.32. The minimum Gasteiger partial charge on any atom is -0.398 e. The third-order valence-electron chi connectivity index (χ3n) is 3.14. The van der Waals surface area contributed by atoms with Crippen LogP contribution >= 0.6 is 11.6 Å². The number of hydrogen-bond donors (Lipinski definition) is 1. The summed E-state index contributed by atoms with van der Waals surface area (Å²) in [6.45, 7) is 1.69. The number of nitrogens with zero attached hydrogens (tertiary/aromatic N) is 4. The van der Waals surface area contributed by atoms with E-state index >= 15 is 0 Å². The van der Waals surface area contributed by atoms with E-state index in [1.54, 1.807) is 37.3 Å². The molecular formula is C14H11ClFN5.